The predicted molar refractivity (Wildman–Crippen MR) is 88.0 cm³/mol. The Balaban J connectivity index is 1.61. The highest BCUT2D eigenvalue weighted by atomic mass is 19.3. The summed E-state index contributed by atoms with van der Waals surface area (Å²) in [6.07, 6.45) is -1.11. The standard InChI is InChI=1S/C16H21F2N5O2/c1-11-14(12(2)25-20-11)9-21-3-5-22(6-4-21)13-7-16(24)23(19-8-13)10-15(17)18/h7-8,15H,3-6,9-10H2,1-2H3. The minimum Gasteiger partial charge on any atom is -0.368 e. The molecule has 9 heteroatoms. The maximum absolute atomic E-state index is 12.4. The molecule has 7 nitrogen and oxygen atoms in total. The summed E-state index contributed by atoms with van der Waals surface area (Å²) in [7, 11) is 0. The van der Waals surface area contributed by atoms with E-state index < -0.39 is 18.5 Å². The van der Waals surface area contributed by atoms with Gasteiger partial charge in [-0.2, -0.15) is 5.10 Å². The van der Waals surface area contributed by atoms with E-state index in [9.17, 15) is 13.6 Å². The van der Waals surface area contributed by atoms with Crippen molar-refractivity contribution in [3.8, 4) is 0 Å². The van der Waals surface area contributed by atoms with Crippen LogP contribution in [0.2, 0.25) is 0 Å². The molecule has 2 aromatic heterocycles. The number of hydrogen-bond donors (Lipinski definition) is 0. The molecule has 25 heavy (non-hydrogen) atoms. The second-order valence-corrected chi connectivity index (χ2v) is 6.19. The lowest BCUT2D eigenvalue weighted by molar-refractivity contribution is 0.119. The van der Waals surface area contributed by atoms with Crippen molar-refractivity contribution < 1.29 is 13.3 Å². The number of nitrogens with zero attached hydrogens (tertiary/aromatic N) is 5. The normalized spacial score (nSPS) is 16.0. The van der Waals surface area contributed by atoms with E-state index in [1.54, 1.807) is 0 Å². The van der Waals surface area contributed by atoms with Crippen molar-refractivity contribution in [3.05, 3.63) is 39.6 Å². The Morgan fingerprint density at radius 3 is 2.52 bits per heavy atom. The van der Waals surface area contributed by atoms with Crippen LogP contribution in [-0.2, 0) is 13.1 Å². The lowest BCUT2D eigenvalue weighted by Crippen LogP contribution is -2.46. The third-order valence-electron chi connectivity index (χ3n) is 4.47. The van der Waals surface area contributed by atoms with Gasteiger partial charge in [0.25, 0.3) is 12.0 Å². The molecular formula is C16H21F2N5O2. The Morgan fingerprint density at radius 1 is 1.24 bits per heavy atom. The molecule has 0 bridgehead atoms. The Morgan fingerprint density at radius 2 is 1.96 bits per heavy atom. The van der Waals surface area contributed by atoms with Crippen molar-refractivity contribution in [2.75, 3.05) is 31.1 Å². The smallest absolute Gasteiger partial charge is 0.269 e. The molecular weight excluding hydrogens is 332 g/mol. The summed E-state index contributed by atoms with van der Waals surface area (Å²) >= 11 is 0. The molecule has 2 aromatic rings. The van der Waals surface area contributed by atoms with Gasteiger partial charge < -0.3 is 9.42 Å². The highest BCUT2D eigenvalue weighted by molar-refractivity contribution is 5.43. The van der Waals surface area contributed by atoms with Gasteiger partial charge in [-0.25, -0.2) is 13.5 Å². The molecule has 0 atom stereocenters. The number of alkyl halides is 2. The Bertz CT molecular complexity index is 762. The van der Waals surface area contributed by atoms with Crippen molar-refractivity contribution in [3.63, 3.8) is 0 Å². The highest BCUT2D eigenvalue weighted by Gasteiger charge is 2.21. The number of anilines is 1. The zero-order valence-electron chi connectivity index (χ0n) is 14.3. The molecule has 0 aromatic carbocycles. The average molecular weight is 353 g/mol. The second-order valence-electron chi connectivity index (χ2n) is 6.19. The summed E-state index contributed by atoms with van der Waals surface area (Å²) in [6.45, 7) is 7.07. The van der Waals surface area contributed by atoms with E-state index in [1.165, 1.54) is 12.3 Å². The molecule has 136 valence electrons. The zero-order valence-corrected chi connectivity index (χ0v) is 14.3. The van der Waals surface area contributed by atoms with Crippen molar-refractivity contribution in [2.45, 2.75) is 33.4 Å². The maximum atomic E-state index is 12.4. The second kappa shape index (κ2) is 7.30. The largest absolute Gasteiger partial charge is 0.368 e. The van der Waals surface area contributed by atoms with Crippen LogP contribution in [0.3, 0.4) is 0 Å². The number of hydrogen-bond acceptors (Lipinski definition) is 6. The lowest BCUT2D eigenvalue weighted by atomic mass is 10.1. The third kappa shape index (κ3) is 4.04. The van der Waals surface area contributed by atoms with E-state index in [0.29, 0.717) is 5.69 Å². The van der Waals surface area contributed by atoms with Gasteiger partial charge in [-0.15, -0.1) is 0 Å². The van der Waals surface area contributed by atoms with Gasteiger partial charge in [-0.3, -0.25) is 9.69 Å². The molecule has 0 spiro atoms. The van der Waals surface area contributed by atoms with Crippen molar-refractivity contribution in [1.29, 1.82) is 0 Å². The first kappa shape index (κ1) is 17.5. The van der Waals surface area contributed by atoms with E-state index in [0.717, 1.165) is 54.4 Å². The van der Waals surface area contributed by atoms with E-state index in [2.05, 4.69) is 15.2 Å². The fraction of sp³-hybridized carbons (Fsp3) is 0.562. The molecule has 1 fully saturated rings. The van der Waals surface area contributed by atoms with E-state index in [4.69, 9.17) is 4.52 Å². The number of halogens is 2. The Kier molecular flexibility index (Phi) is 5.12. The monoisotopic (exact) mass is 353 g/mol. The van der Waals surface area contributed by atoms with Crippen LogP contribution in [0.4, 0.5) is 14.5 Å². The van der Waals surface area contributed by atoms with Gasteiger partial charge in [-0.05, 0) is 13.8 Å². The van der Waals surface area contributed by atoms with Crippen LogP contribution in [-0.4, -0.2) is 52.4 Å². The summed E-state index contributed by atoms with van der Waals surface area (Å²) in [6, 6.07) is 1.37. The quantitative estimate of drug-likeness (QED) is 0.810. The highest BCUT2D eigenvalue weighted by Crippen LogP contribution is 2.18. The Labute approximate surface area is 143 Å². The zero-order chi connectivity index (χ0) is 18.0. The molecule has 1 aliphatic rings. The Hall–Kier alpha value is -2.29. The van der Waals surface area contributed by atoms with E-state index in [-0.39, 0.29) is 0 Å². The lowest BCUT2D eigenvalue weighted by Gasteiger charge is -2.35. The predicted octanol–water partition coefficient (Wildman–Crippen LogP) is 1.44. The third-order valence-corrected chi connectivity index (χ3v) is 4.47. The van der Waals surface area contributed by atoms with Gasteiger partial charge in [0.2, 0.25) is 0 Å². The first-order chi connectivity index (χ1) is 11.9. The van der Waals surface area contributed by atoms with Crippen LogP contribution in [0.5, 0.6) is 0 Å². The summed E-state index contributed by atoms with van der Waals surface area (Å²) in [5.74, 6) is 0.840. The van der Waals surface area contributed by atoms with Crippen LogP contribution in [0.1, 0.15) is 17.0 Å². The number of aryl methyl sites for hydroxylation is 2. The molecule has 0 saturated carbocycles. The van der Waals surface area contributed by atoms with Crippen LogP contribution in [0.15, 0.2) is 21.6 Å². The van der Waals surface area contributed by atoms with Crippen LogP contribution in [0.25, 0.3) is 0 Å². The average Bonchev–Trinajstić information content (AvgIpc) is 2.89. The summed E-state index contributed by atoms with van der Waals surface area (Å²) in [5.41, 5.74) is 2.19. The first-order valence-electron chi connectivity index (χ1n) is 8.18. The first-order valence-corrected chi connectivity index (χ1v) is 8.18. The topological polar surface area (TPSA) is 67.4 Å². The number of piperazine rings is 1. The fourth-order valence-electron chi connectivity index (χ4n) is 2.98. The van der Waals surface area contributed by atoms with Crippen LogP contribution in [0, 0.1) is 13.8 Å². The molecule has 0 radical (unpaired) electrons. The van der Waals surface area contributed by atoms with Gasteiger partial charge >= 0.3 is 0 Å². The number of aromatic nitrogens is 3. The van der Waals surface area contributed by atoms with Gasteiger partial charge in [0.1, 0.15) is 12.3 Å². The van der Waals surface area contributed by atoms with Crippen molar-refractivity contribution in [2.24, 2.45) is 0 Å². The minimum atomic E-state index is -2.59. The molecule has 0 amide bonds. The molecule has 3 heterocycles. The molecule has 0 N–H and O–H groups in total. The van der Waals surface area contributed by atoms with Crippen LogP contribution >= 0.6 is 0 Å². The molecule has 0 aliphatic carbocycles. The number of rotatable bonds is 5. The van der Waals surface area contributed by atoms with Gasteiger partial charge in [0.05, 0.1) is 17.6 Å². The summed E-state index contributed by atoms with van der Waals surface area (Å²) in [5, 5.41) is 7.82. The maximum Gasteiger partial charge on any atom is 0.269 e. The van der Waals surface area contributed by atoms with E-state index in [1.807, 2.05) is 18.7 Å². The molecule has 0 unspecified atom stereocenters. The SMILES string of the molecule is Cc1noc(C)c1CN1CCN(c2cnn(CC(F)F)c(=O)c2)CC1. The molecule has 1 saturated heterocycles. The minimum absolute atomic E-state index is 0.504. The summed E-state index contributed by atoms with van der Waals surface area (Å²) < 4.78 is 30.8. The van der Waals surface area contributed by atoms with E-state index >= 15 is 0 Å². The fourth-order valence-corrected chi connectivity index (χ4v) is 2.98. The van der Waals surface area contributed by atoms with Crippen LogP contribution < -0.4 is 10.5 Å². The van der Waals surface area contributed by atoms with Crippen molar-refractivity contribution >= 4 is 5.69 Å². The molecule has 1 aliphatic heterocycles. The van der Waals surface area contributed by atoms with Crippen molar-refractivity contribution in [1.82, 2.24) is 19.8 Å². The van der Waals surface area contributed by atoms with Gasteiger partial charge in [0, 0.05) is 44.4 Å². The summed E-state index contributed by atoms with van der Waals surface area (Å²) in [4.78, 5) is 16.2. The molecule has 3 rings (SSSR count). The van der Waals surface area contributed by atoms with Gasteiger partial charge in [0.15, 0.2) is 0 Å². The van der Waals surface area contributed by atoms with Gasteiger partial charge in [-0.1, -0.05) is 5.16 Å².